The average Bonchev–Trinajstić information content (AvgIpc) is 2.45. The third kappa shape index (κ3) is 4.10. The van der Waals surface area contributed by atoms with Crippen molar-refractivity contribution in [2.45, 2.75) is 39.5 Å². The minimum Gasteiger partial charge on any atom is -0.370 e. The second-order valence-electron chi connectivity index (χ2n) is 5.59. The van der Waals surface area contributed by atoms with Crippen LogP contribution in [-0.2, 0) is 0 Å². The summed E-state index contributed by atoms with van der Waals surface area (Å²) in [6.45, 7) is 6.44. The molecule has 1 fully saturated rings. The summed E-state index contributed by atoms with van der Waals surface area (Å²) in [6, 6.07) is 3.56. The Kier molecular flexibility index (Phi) is 5.85. The maximum Gasteiger partial charge on any atom is 0.274 e. The number of halogens is 1. The molecule has 0 bridgehead atoms. The fourth-order valence-electron chi connectivity index (χ4n) is 2.44. The quantitative estimate of drug-likeness (QED) is 0.833. The number of rotatable bonds is 7. The second-order valence-corrected chi connectivity index (χ2v) is 6.00. The molecule has 21 heavy (non-hydrogen) atoms. The predicted molar refractivity (Wildman–Crippen MR) is 86.9 cm³/mol. The molecule has 2 rings (SSSR count). The number of carbonyl (C=O) groups excluding carboxylic acids is 1. The van der Waals surface area contributed by atoms with E-state index in [-0.39, 0.29) is 5.91 Å². The Morgan fingerprint density at radius 2 is 2.19 bits per heavy atom. The molecule has 1 aromatic heterocycles. The Morgan fingerprint density at radius 1 is 1.43 bits per heavy atom. The standard InChI is InChI=1S/C16H24ClN3O/c1-3-10-18-14-9-8-13(17)15(19-14)16(21)20(4-2)11-12-6-5-7-12/h8-9,12H,3-7,10-11H2,1-2H3,(H,18,19). The highest BCUT2D eigenvalue weighted by Gasteiger charge is 2.25. The third-order valence-electron chi connectivity index (χ3n) is 3.98. The maximum atomic E-state index is 12.6. The predicted octanol–water partition coefficient (Wildman–Crippen LogP) is 3.82. The van der Waals surface area contributed by atoms with Crippen molar-refractivity contribution < 1.29 is 4.79 Å². The number of hydrogen-bond acceptors (Lipinski definition) is 3. The van der Waals surface area contributed by atoms with Crippen LogP contribution in [0.4, 0.5) is 5.82 Å². The molecule has 0 aliphatic heterocycles. The number of carbonyl (C=O) groups is 1. The molecule has 0 unspecified atom stereocenters. The molecule has 0 radical (unpaired) electrons. The van der Waals surface area contributed by atoms with Crippen LogP contribution in [0, 0.1) is 5.92 Å². The minimum atomic E-state index is -0.0606. The van der Waals surface area contributed by atoms with Crippen molar-refractivity contribution in [1.82, 2.24) is 9.88 Å². The fourth-order valence-corrected chi connectivity index (χ4v) is 2.62. The van der Waals surface area contributed by atoms with E-state index >= 15 is 0 Å². The zero-order chi connectivity index (χ0) is 15.2. The number of aromatic nitrogens is 1. The zero-order valence-corrected chi connectivity index (χ0v) is 13.6. The van der Waals surface area contributed by atoms with Gasteiger partial charge in [0.2, 0.25) is 0 Å². The van der Waals surface area contributed by atoms with Gasteiger partial charge in [0.05, 0.1) is 5.02 Å². The summed E-state index contributed by atoms with van der Waals surface area (Å²) in [7, 11) is 0. The molecule has 1 aliphatic carbocycles. The summed E-state index contributed by atoms with van der Waals surface area (Å²) in [4.78, 5) is 18.9. The largest absolute Gasteiger partial charge is 0.370 e. The number of amides is 1. The van der Waals surface area contributed by atoms with Gasteiger partial charge in [0.1, 0.15) is 11.5 Å². The van der Waals surface area contributed by atoms with Crippen molar-refractivity contribution in [2.24, 2.45) is 5.92 Å². The molecule has 1 amide bonds. The monoisotopic (exact) mass is 309 g/mol. The lowest BCUT2D eigenvalue weighted by molar-refractivity contribution is 0.0701. The molecule has 0 saturated heterocycles. The molecule has 1 heterocycles. The Bertz CT molecular complexity index is 488. The molecule has 4 nitrogen and oxygen atoms in total. The topological polar surface area (TPSA) is 45.2 Å². The van der Waals surface area contributed by atoms with Gasteiger partial charge < -0.3 is 10.2 Å². The average molecular weight is 310 g/mol. The highest BCUT2D eigenvalue weighted by Crippen LogP contribution is 2.28. The summed E-state index contributed by atoms with van der Waals surface area (Å²) in [5, 5.41) is 3.62. The van der Waals surface area contributed by atoms with Crippen LogP contribution in [0.15, 0.2) is 12.1 Å². The van der Waals surface area contributed by atoms with Crippen molar-refractivity contribution in [3.8, 4) is 0 Å². The number of pyridine rings is 1. The van der Waals surface area contributed by atoms with Crippen LogP contribution in [-0.4, -0.2) is 35.4 Å². The molecule has 1 aliphatic rings. The van der Waals surface area contributed by atoms with E-state index in [9.17, 15) is 4.79 Å². The van der Waals surface area contributed by atoms with E-state index in [0.717, 1.165) is 19.5 Å². The molecule has 0 atom stereocenters. The first kappa shape index (κ1) is 16.1. The molecule has 1 N–H and O–H groups in total. The molecular formula is C16H24ClN3O. The van der Waals surface area contributed by atoms with Crippen molar-refractivity contribution >= 4 is 23.3 Å². The smallest absolute Gasteiger partial charge is 0.274 e. The number of nitrogens with one attached hydrogen (secondary N) is 1. The second kappa shape index (κ2) is 7.64. The van der Waals surface area contributed by atoms with Crippen LogP contribution in [0.2, 0.25) is 5.02 Å². The first-order chi connectivity index (χ1) is 10.2. The number of nitrogens with zero attached hydrogens (tertiary/aromatic N) is 2. The van der Waals surface area contributed by atoms with E-state index in [2.05, 4.69) is 17.2 Å². The van der Waals surface area contributed by atoms with Crippen molar-refractivity contribution in [3.63, 3.8) is 0 Å². The third-order valence-corrected chi connectivity index (χ3v) is 4.28. The molecule has 1 aromatic rings. The Labute approximate surface area is 131 Å². The van der Waals surface area contributed by atoms with Gasteiger partial charge in [0, 0.05) is 19.6 Å². The van der Waals surface area contributed by atoms with E-state index in [1.54, 1.807) is 6.07 Å². The van der Waals surface area contributed by atoms with Crippen LogP contribution in [0.3, 0.4) is 0 Å². The zero-order valence-electron chi connectivity index (χ0n) is 12.9. The van der Waals surface area contributed by atoms with Crippen LogP contribution in [0.5, 0.6) is 0 Å². The van der Waals surface area contributed by atoms with Gasteiger partial charge in [-0.25, -0.2) is 4.98 Å². The molecule has 0 aromatic carbocycles. The van der Waals surface area contributed by atoms with Crippen molar-refractivity contribution in [2.75, 3.05) is 25.0 Å². The number of anilines is 1. The molecular weight excluding hydrogens is 286 g/mol. The molecule has 5 heteroatoms. The van der Waals surface area contributed by atoms with Crippen LogP contribution >= 0.6 is 11.6 Å². The Morgan fingerprint density at radius 3 is 2.76 bits per heavy atom. The van der Waals surface area contributed by atoms with E-state index in [1.165, 1.54) is 19.3 Å². The highest BCUT2D eigenvalue weighted by atomic mass is 35.5. The normalized spacial score (nSPS) is 14.6. The summed E-state index contributed by atoms with van der Waals surface area (Å²) in [5.74, 6) is 1.30. The van der Waals surface area contributed by atoms with E-state index in [1.807, 2.05) is 17.9 Å². The van der Waals surface area contributed by atoms with Gasteiger partial charge in [-0.15, -0.1) is 0 Å². The molecule has 0 spiro atoms. The van der Waals surface area contributed by atoms with Crippen LogP contribution < -0.4 is 5.32 Å². The van der Waals surface area contributed by atoms with Gasteiger partial charge >= 0.3 is 0 Å². The lowest BCUT2D eigenvalue weighted by Gasteiger charge is -2.31. The lowest BCUT2D eigenvalue weighted by Crippen LogP contribution is -2.37. The lowest BCUT2D eigenvalue weighted by atomic mass is 9.85. The van der Waals surface area contributed by atoms with Gasteiger partial charge in [-0.3, -0.25) is 4.79 Å². The van der Waals surface area contributed by atoms with Gasteiger partial charge in [0.15, 0.2) is 0 Å². The van der Waals surface area contributed by atoms with Gasteiger partial charge in [-0.05, 0) is 44.2 Å². The summed E-state index contributed by atoms with van der Waals surface area (Å²) in [5.41, 5.74) is 0.360. The van der Waals surface area contributed by atoms with Gasteiger partial charge in [-0.2, -0.15) is 0 Å². The summed E-state index contributed by atoms with van der Waals surface area (Å²) in [6.07, 6.45) is 4.74. The molecule has 116 valence electrons. The van der Waals surface area contributed by atoms with E-state index < -0.39 is 0 Å². The fraction of sp³-hybridized carbons (Fsp3) is 0.625. The first-order valence-corrected chi connectivity index (χ1v) is 8.23. The minimum absolute atomic E-state index is 0.0606. The maximum absolute atomic E-state index is 12.6. The van der Waals surface area contributed by atoms with Gasteiger partial charge in [-0.1, -0.05) is 24.9 Å². The van der Waals surface area contributed by atoms with Crippen LogP contribution in [0.25, 0.3) is 0 Å². The Balaban J connectivity index is 2.11. The van der Waals surface area contributed by atoms with E-state index in [0.29, 0.717) is 29.0 Å². The number of hydrogen-bond donors (Lipinski definition) is 1. The van der Waals surface area contributed by atoms with Crippen molar-refractivity contribution in [3.05, 3.63) is 22.8 Å². The first-order valence-electron chi connectivity index (χ1n) is 7.85. The Hall–Kier alpha value is -1.29. The van der Waals surface area contributed by atoms with E-state index in [4.69, 9.17) is 11.6 Å². The molecule has 1 saturated carbocycles. The SMILES string of the molecule is CCCNc1ccc(Cl)c(C(=O)N(CC)CC2CCC2)n1. The summed E-state index contributed by atoms with van der Waals surface area (Å²) < 4.78 is 0. The van der Waals surface area contributed by atoms with Gasteiger partial charge in [0.25, 0.3) is 5.91 Å². The van der Waals surface area contributed by atoms with Crippen LogP contribution in [0.1, 0.15) is 50.0 Å². The summed E-state index contributed by atoms with van der Waals surface area (Å²) >= 11 is 6.17. The van der Waals surface area contributed by atoms with Crippen molar-refractivity contribution in [1.29, 1.82) is 0 Å². The highest BCUT2D eigenvalue weighted by molar-refractivity contribution is 6.33.